The fourth-order valence-electron chi connectivity index (χ4n) is 1.31. The van der Waals surface area contributed by atoms with E-state index in [4.69, 9.17) is 5.73 Å². The van der Waals surface area contributed by atoms with Crippen LogP contribution in [0.4, 0.5) is 0 Å². The molecular weight excluding hydrogens is 154 g/mol. The summed E-state index contributed by atoms with van der Waals surface area (Å²) in [5.41, 5.74) is 5.16. The Bertz CT molecular complexity index is 154. The van der Waals surface area contributed by atoms with Crippen LogP contribution in [0.1, 0.15) is 6.92 Å². The summed E-state index contributed by atoms with van der Waals surface area (Å²) < 4.78 is 0. The zero-order chi connectivity index (χ0) is 8.97. The highest BCUT2D eigenvalue weighted by Gasteiger charge is 2.16. The van der Waals surface area contributed by atoms with Crippen molar-refractivity contribution in [1.29, 1.82) is 0 Å². The molecule has 2 N–H and O–H groups in total. The third kappa shape index (κ3) is 2.79. The Morgan fingerprint density at radius 1 is 1.58 bits per heavy atom. The van der Waals surface area contributed by atoms with Gasteiger partial charge in [0.15, 0.2) is 0 Å². The molecule has 1 fully saturated rings. The van der Waals surface area contributed by atoms with E-state index in [-0.39, 0.29) is 11.8 Å². The van der Waals surface area contributed by atoms with Crippen molar-refractivity contribution < 1.29 is 4.79 Å². The Morgan fingerprint density at radius 2 is 2.17 bits per heavy atom. The summed E-state index contributed by atoms with van der Waals surface area (Å²) in [6, 6.07) is 0. The topological polar surface area (TPSA) is 60.4 Å². The molecule has 1 heterocycles. The van der Waals surface area contributed by atoms with Crippen LogP contribution in [-0.2, 0) is 4.79 Å². The largest absolute Gasteiger partial charge is 0.369 e. The van der Waals surface area contributed by atoms with Crippen LogP contribution in [0.25, 0.3) is 0 Å². The summed E-state index contributed by atoms with van der Waals surface area (Å²) in [6.07, 6.45) is 0. The van der Waals surface area contributed by atoms with E-state index >= 15 is 0 Å². The molecule has 12 heavy (non-hydrogen) atoms. The van der Waals surface area contributed by atoms with Crippen molar-refractivity contribution in [3.05, 3.63) is 0 Å². The van der Waals surface area contributed by atoms with Gasteiger partial charge >= 0.3 is 0 Å². The second-order valence-corrected chi connectivity index (χ2v) is 3.27. The van der Waals surface area contributed by atoms with Gasteiger partial charge in [0, 0.05) is 38.6 Å². The van der Waals surface area contributed by atoms with E-state index in [1.165, 1.54) is 0 Å². The van der Waals surface area contributed by atoms with Crippen molar-refractivity contribution in [3.63, 3.8) is 0 Å². The van der Waals surface area contributed by atoms with Crippen LogP contribution in [0.15, 0.2) is 0 Å². The van der Waals surface area contributed by atoms with Gasteiger partial charge in [0.2, 0.25) is 5.91 Å². The molecule has 0 aromatic rings. The zero-order valence-corrected chi connectivity index (χ0v) is 7.49. The van der Waals surface area contributed by atoms with Crippen molar-refractivity contribution in [2.24, 2.45) is 11.7 Å². The van der Waals surface area contributed by atoms with Gasteiger partial charge in [0.25, 0.3) is 0 Å². The molecule has 0 aromatic heterocycles. The molecule has 1 radical (unpaired) electrons. The van der Waals surface area contributed by atoms with E-state index in [9.17, 15) is 4.79 Å². The van der Waals surface area contributed by atoms with Gasteiger partial charge in [-0.1, -0.05) is 6.92 Å². The minimum Gasteiger partial charge on any atom is -0.369 e. The number of nitrogens with zero attached hydrogens (tertiary/aromatic N) is 2. The van der Waals surface area contributed by atoms with Gasteiger partial charge in [0.05, 0.1) is 0 Å². The average Bonchev–Trinajstić information content (AvgIpc) is 2.06. The number of carbonyl (C=O) groups excluding carboxylic acids is 1. The second-order valence-electron chi connectivity index (χ2n) is 3.27. The van der Waals surface area contributed by atoms with Gasteiger partial charge in [-0.15, -0.1) is 0 Å². The molecule has 0 bridgehead atoms. The van der Waals surface area contributed by atoms with Crippen molar-refractivity contribution >= 4 is 5.91 Å². The van der Waals surface area contributed by atoms with Gasteiger partial charge in [-0.25, -0.2) is 5.32 Å². The number of piperazine rings is 1. The summed E-state index contributed by atoms with van der Waals surface area (Å²) >= 11 is 0. The summed E-state index contributed by atoms with van der Waals surface area (Å²) in [5.74, 6) is -0.249. The predicted octanol–water partition coefficient (Wildman–Crippen LogP) is -0.972. The molecule has 0 aromatic carbocycles. The maximum atomic E-state index is 10.7. The van der Waals surface area contributed by atoms with Gasteiger partial charge in [-0.3, -0.25) is 9.69 Å². The molecular formula is C8H16N3O. The molecule has 1 unspecified atom stereocenters. The number of rotatable bonds is 3. The number of hydrogen-bond donors (Lipinski definition) is 1. The highest BCUT2D eigenvalue weighted by molar-refractivity contribution is 5.76. The van der Waals surface area contributed by atoms with Crippen molar-refractivity contribution in [3.8, 4) is 0 Å². The quantitative estimate of drug-likeness (QED) is 0.592. The Kier molecular flexibility index (Phi) is 3.49. The molecule has 69 valence electrons. The number of amides is 1. The number of hydrogen-bond acceptors (Lipinski definition) is 2. The maximum absolute atomic E-state index is 10.7. The molecule has 1 aliphatic heterocycles. The van der Waals surface area contributed by atoms with E-state index in [0.29, 0.717) is 0 Å². The minimum atomic E-state index is -0.211. The lowest BCUT2D eigenvalue weighted by Gasteiger charge is -2.27. The fourth-order valence-corrected chi connectivity index (χ4v) is 1.31. The Labute approximate surface area is 73.1 Å². The van der Waals surface area contributed by atoms with Crippen LogP contribution in [0.5, 0.6) is 0 Å². The molecule has 1 aliphatic rings. The van der Waals surface area contributed by atoms with Gasteiger partial charge in [-0.2, -0.15) is 0 Å². The van der Waals surface area contributed by atoms with Gasteiger partial charge < -0.3 is 5.73 Å². The van der Waals surface area contributed by atoms with Crippen LogP contribution in [-0.4, -0.2) is 43.5 Å². The van der Waals surface area contributed by atoms with Crippen LogP contribution >= 0.6 is 0 Å². The van der Waals surface area contributed by atoms with Crippen LogP contribution in [0, 0.1) is 5.92 Å². The average molecular weight is 170 g/mol. The third-order valence-corrected chi connectivity index (χ3v) is 2.17. The Morgan fingerprint density at radius 3 is 2.67 bits per heavy atom. The number of primary amides is 1. The van der Waals surface area contributed by atoms with Crippen molar-refractivity contribution in [2.75, 3.05) is 32.7 Å². The Hall–Kier alpha value is -0.610. The van der Waals surface area contributed by atoms with Crippen LogP contribution < -0.4 is 11.1 Å². The maximum Gasteiger partial charge on any atom is 0.221 e. The summed E-state index contributed by atoms with van der Waals surface area (Å²) in [5, 5.41) is 4.22. The molecule has 0 aliphatic carbocycles. The molecule has 1 rings (SSSR count). The first-order valence-corrected chi connectivity index (χ1v) is 4.35. The van der Waals surface area contributed by atoms with Gasteiger partial charge in [-0.05, 0) is 0 Å². The number of carbonyl (C=O) groups is 1. The monoisotopic (exact) mass is 170 g/mol. The summed E-state index contributed by atoms with van der Waals surface area (Å²) in [7, 11) is 0. The van der Waals surface area contributed by atoms with Crippen molar-refractivity contribution in [2.45, 2.75) is 6.92 Å². The first kappa shape index (κ1) is 9.48. The van der Waals surface area contributed by atoms with Crippen molar-refractivity contribution in [1.82, 2.24) is 10.2 Å². The van der Waals surface area contributed by atoms with E-state index < -0.39 is 0 Å². The fraction of sp³-hybridized carbons (Fsp3) is 0.875. The minimum absolute atomic E-state index is 0.0388. The molecule has 0 saturated carbocycles. The van der Waals surface area contributed by atoms with Crippen LogP contribution in [0.3, 0.4) is 0 Å². The first-order chi connectivity index (χ1) is 5.70. The number of nitrogens with two attached hydrogens (primary N) is 1. The highest BCUT2D eigenvalue weighted by Crippen LogP contribution is 2.00. The van der Waals surface area contributed by atoms with E-state index in [0.717, 1.165) is 32.7 Å². The zero-order valence-electron chi connectivity index (χ0n) is 7.49. The predicted molar refractivity (Wildman–Crippen MR) is 46.7 cm³/mol. The summed E-state index contributed by atoms with van der Waals surface area (Å²) in [6.45, 7) is 6.38. The van der Waals surface area contributed by atoms with E-state index in [1.54, 1.807) is 0 Å². The molecule has 1 saturated heterocycles. The molecule has 0 spiro atoms. The van der Waals surface area contributed by atoms with Gasteiger partial charge in [0.1, 0.15) is 0 Å². The Balaban J connectivity index is 2.24. The lowest BCUT2D eigenvalue weighted by molar-refractivity contribution is -0.121. The molecule has 4 nitrogen and oxygen atoms in total. The SMILES string of the molecule is CC(CN1CC[N]CC1)C(N)=O. The molecule has 1 amide bonds. The summed E-state index contributed by atoms with van der Waals surface area (Å²) in [4.78, 5) is 13.0. The van der Waals surface area contributed by atoms with E-state index in [1.807, 2.05) is 6.92 Å². The lowest BCUT2D eigenvalue weighted by Crippen LogP contribution is -2.44. The second kappa shape index (κ2) is 4.42. The lowest BCUT2D eigenvalue weighted by atomic mass is 10.1. The van der Waals surface area contributed by atoms with E-state index in [2.05, 4.69) is 10.2 Å². The third-order valence-electron chi connectivity index (χ3n) is 2.17. The van der Waals surface area contributed by atoms with Crippen LogP contribution in [0.2, 0.25) is 0 Å². The first-order valence-electron chi connectivity index (χ1n) is 4.35. The highest BCUT2D eigenvalue weighted by atomic mass is 16.1. The normalized spacial score (nSPS) is 22.1. The molecule has 1 atom stereocenters. The standard InChI is InChI=1S/C8H16N3O/c1-7(8(9)12)6-11-4-2-10-3-5-11/h7H,2-6H2,1H3,(H2,9,12). The molecule has 4 heteroatoms. The smallest absolute Gasteiger partial charge is 0.221 e.